The van der Waals surface area contributed by atoms with Crippen LogP contribution >= 0.6 is 23.2 Å². The average Bonchev–Trinajstić information content (AvgIpc) is 2.87. The fourth-order valence-electron chi connectivity index (χ4n) is 1.92. The first kappa shape index (κ1) is 15.3. The van der Waals surface area contributed by atoms with Crippen LogP contribution in [-0.4, -0.2) is 16.7 Å². The molecule has 0 unspecified atom stereocenters. The van der Waals surface area contributed by atoms with Gasteiger partial charge in [-0.3, -0.25) is 0 Å². The van der Waals surface area contributed by atoms with Crippen molar-refractivity contribution in [3.63, 3.8) is 0 Å². The molecule has 1 heterocycles. The Bertz CT molecular complexity index is 537. The molecule has 1 aromatic carbocycles. The van der Waals surface area contributed by atoms with Crippen molar-refractivity contribution in [1.82, 2.24) is 10.1 Å². The highest BCUT2D eigenvalue weighted by atomic mass is 35.5. The van der Waals surface area contributed by atoms with E-state index in [0.717, 1.165) is 37.8 Å². The number of aromatic nitrogens is 2. The topological polar surface area (TPSA) is 64.9 Å². The first-order chi connectivity index (χ1) is 9.70. The minimum absolute atomic E-state index is 0.477. The van der Waals surface area contributed by atoms with Crippen LogP contribution in [-0.2, 0) is 12.8 Å². The summed E-state index contributed by atoms with van der Waals surface area (Å²) in [5, 5.41) is 5.20. The number of rotatable bonds is 7. The van der Waals surface area contributed by atoms with Gasteiger partial charge in [0.05, 0.1) is 0 Å². The Hall–Kier alpha value is -1.10. The van der Waals surface area contributed by atoms with E-state index in [1.165, 1.54) is 0 Å². The summed E-state index contributed by atoms with van der Waals surface area (Å²) in [6, 6.07) is 5.42. The van der Waals surface area contributed by atoms with Crippen molar-refractivity contribution in [1.29, 1.82) is 0 Å². The smallest absolute Gasteiger partial charge is 0.226 e. The summed E-state index contributed by atoms with van der Waals surface area (Å²) in [5.74, 6) is 1.26. The molecule has 0 aliphatic heterocycles. The molecule has 0 bridgehead atoms. The zero-order valence-electron chi connectivity index (χ0n) is 11.1. The van der Waals surface area contributed by atoms with Crippen LogP contribution < -0.4 is 5.73 Å². The molecular formula is C14H17Cl2N3O. The van der Waals surface area contributed by atoms with Crippen LogP contribution in [0.15, 0.2) is 22.7 Å². The van der Waals surface area contributed by atoms with Crippen LogP contribution in [0, 0.1) is 0 Å². The zero-order valence-corrected chi connectivity index (χ0v) is 12.6. The number of aryl methyl sites for hydroxylation is 1. The summed E-state index contributed by atoms with van der Waals surface area (Å²) in [5.41, 5.74) is 6.28. The van der Waals surface area contributed by atoms with Crippen LogP contribution in [0.4, 0.5) is 0 Å². The fraction of sp³-hybridized carbons (Fsp3) is 0.429. The summed E-state index contributed by atoms with van der Waals surface area (Å²) in [4.78, 5) is 4.36. The van der Waals surface area contributed by atoms with Crippen molar-refractivity contribution in [2.24, 2.45) is 5.73 Å². The second kappa shape index (κ2) is 7.62. The molecule has 1 aromatic heterocycles. The highest BCUT2D eigenvalue weighted by Gasteiger charge is 2.11. The molecule has 0 amide bonds. The molecule has 4 nitrogen and oxygen atoms in total. The molecule has 20 heavy (non-hydrogen) atoms. The first-order valence-electron chi connectivity index (χ1n) is 6.65. The first-order valence-corrected chi connectivity index (χ1v) is 7.40. The maximum atomic E-state index is 6.12. The standard InChI is InChI=1S/C14H17Cl2N3O/c15-11-5-4-6-12(16)10(11)9-13-18-14(20-19-13)7-2-1-3-8-17/h4-6H,1-3,7-9,17H2. The molecule has 0 aliphatic rings. The lowest BCUT2D eigenvalue weighted by Crippen LogP contribution is -1.98. The predicted molar refractivity (Wildman–Crippen MR) is 80.2 cm³/mol. The Morgan fingerprint density at radius 2 is 1.85 bits per heavy atom. The van der Waals surface area contributed by atoms with E-state index in [1.807, 2.05) is 6.07 Å². The van der Waals surface area contributed by atoms with Gasteiger partial charge in [-0.1, -0.05) is 40.8 Å². The minimum atomic E-state index is 0.477. The third-order valence-electron chi connectivity index (χ3n) is 3.00. The van der Waals surface area contributed by atoms with E-state index >= 15 is 0 Å². The van der Waals surface area contributed by atoms with Crippen LogP contribution in [0.5, 0.6) is 0 Å². The van der Waals surface area contributed by atoms with Crippen molar-refractivity contribution < 1.29 is 4.52 Å². The summed E-state index contributed by atoms with van der Waals surface area (Å²) in [6.07, 6.45) is 4.36. The molecule has 6 heteroatoms. The Morgan fingerprint density at radius 3 is 2.55 bits per heavy atom. The van der Waals surface area contributed by atoms with Gasteiger partial charge in [0, 0.05) is 22.9 Å². The van der Waals surface area contributed by atoms with Gasteiger partial charge in [0.2, 0.25) is 5.89 Å². The monoisotopic (exact) mass is 313 g/mol. The number of hydrogen-bond donors (Lipinski definition) is 1. The van der Waals surface area contributed by atoms with Crippen molar-refractivity contribution in [3.8, 4) is 0 Å². The number of halogens is 2. The molecule has 108 valence electrons. The van der Waals surface area contributed by atoms with Gasteiger partial charge >= 0.3 is 0 Å². The lowest BCUT2D eigenvalue weighted by atomic mass is 10.1. The normalized spacial score (nSPS) is 10.9. The molecule has 0 saturated carbocycles. The van der Waals surface area contributed by atoms with Crippen LogP contribution in [0.3, 0.4) is 0 Å². The largest absolute Gasteiger partial charge is 0.339 e. The third kappa shape index (κ3) is 4.20. The van der Waals surface area contributed by atoms with Crippen molar-refractivity contribution >= 4 is 23.2 Å². The summed E-state index contributed by atoms with van der Waals surface area (Å²) < 4.78 is 5.22. The molecule has 0 atom stereocenters. The van der Waals surface area contributed by atoms with Gasteiger partial charge in [0.15, 0.2) is 5.82 Å². The van der Waals surface area contributed by atoms with Gasteiger partial charge in [-0.2, -0.15) is 4.98 Å². The number of nitrogens with two attached hydrogens (primary N) is 1. The van der Waals surface area contributed by atoms with E-state index in [4.69, 9.17) is 33.5 Å². The minimum Gasteiger partial charge on any atom is -0.339 e. The van der Waals surface area contributed by atoms with Gasteiger partial charge in [0.25, 0.3) is 0 Å². The predicted octanol–water partition coefficient (Wildman–Crippen LogP) is 3.64. The van der Waals surface area contributed by atoms with Gasteiger partial charge in [-0.15, -0.1) is 0 Å². The maximum Gasteiger partial charge on any atom is 0.226 e. The fourth-order valence-corrected chi connectivity index (χ4v) is 2.45. The third-order valence-corrected chi connectivity index (χ3v) is 3.71. The van der Waals surface area contributed by atoms with Crippen molar-refractivity contribution in [3.05, 3.63) is 45.5 Å². The number of benzene rings is 1. The van der Waals surface area contributed by atoms with Crippen LogP contribution in [0.1, 0.15) is 36.5 Å². The van der Waals surface area contributed by atoms with Crippen LogP contribution in [0.25, 0.3) is 0 Å². The Labute approximate surface area is 128 Å². The van der Waals surface area contributed by atoms with E-state index in [9.17, 15) is 0 Å². The van der Waals surface area contributed by atoms with Gasteiger partial charge in [-0.05, 0) is 37.1 Å². The summed E-state index contributed by atoms with van der Waals surface area (Å²) in [7, 11) is 0. The highest BCUT2D eigenvalue weighted by Crippen LogP contribution is 2.26. The van der Waals surface area contributed by atoms with E-state index in [2.05, 4.69) is 10.1 Å². The van der Waals surface area contributed by atoms with Crippen molar-refractivity contribution in [2.75, 3.05) is 6.54 Å². The van der Waals surface area contributed by atoms with E-state index in [0.29, 0.717) is 28.2 Å². The zero-order chi connectivity index (χ0) is 14.4. The van der Waals surface area contributed by atoms with E-state index < -0.39 is 0 Å². The lowest BCUT2D eigenvalue weighted by molar-refractivity contribution is 0.369. The molecule has 0 spiro atoms. The SMILES string of the molecule is NCCCCCc1nc(Cc2c(Cl)cccc2Cl)no1. The van der Waals surface area contributed by atoms with Crippen LogP contribution in [0.2, 0.25) is 10.0 Å². The van der Waals surface area contributed by atoms with Crippen molar-refractivity contribution in [2.45, 2.75) is 32.1 Å². The molecule has 2 aromatic rings. The molecular weight excluding hydrogens is 297 g/mol. The molecule has 2 rings (SSSR count). The van der Waals surface area contributed by atoms with Gasteiger partial charge in [-0.25, -0.2) is 0 Å². The number of unbranched alkanes of at least 4 members (excludes halogenated alkanes) is 2. The Balaban J connectivity index is 1.96. The summed E-state index contributed by atoms with van der Waals surface area (Å²) in [6.45, 7) is 0.722. The molecule has 2 N–H and O–H groups in total. The second-order valence-corrected chi connectivity index (χ2v) is 5.40. The van der Waals surface area contributed by atoms with Gasteiger partial charge < -0.3 is 10.3 Å². The second-order valence-electron chi connectivity index (χ2n) is 4.58. The quantitative estimate of drug-likeness (QED) is 0.792. The van der Waals surface area contributed by atoms with E-state index in [1.54, 1.807) is 12.1 Å². The Kier molecular flexibility index (Phi) is 5.83. The highest BCUT2D eigenvalue weighted by molar-refractivity contribution is 6.36. The lowest BCUT2D eigenvalue weighted by Gasteiger charge is -2.03. The Morgan fingerprint density at radius 1 is 1.10 bits per heavy atom. The number of hydrogen-bond acceptors (Lipinski definition) is 4. The maximum absolute atomic E-state index is 6.12. The van der Waals surface area contributed by atoms with Gasteiger partial charge in [0.1, 0.15) is 0 Å². The molecule has 0 radical (unpaired) electrons. The molecule has 0 saturated heterocycles. The number of nitrogens with zero attached hydrogens (tertiary/aromatic N) is 2. The molecule has 0 aliphatic carbocycles. The average molecular weight is 314 g/mol. The molecule has 0 fully saturated rings. The van der Waals surface area contributed by atoms with E-state index in [-0.39, 0.29) is 0 Å². The summed E-state index contributed by atoms with van der Waals surface area (Å²) >= 11 is 12.2.